The van der Waals surface area contributed by atoms with Crippen LogP contribution < -0.4 is 14.8 Å². The number of fused-ring (bicyclic) bond motifs is 3. The molecule has 0 spiro atoms. The summed E-state index contributed by atoms with van der Waals surface area (Å²) in [5.41, 5.74) is 2.89. The number of hydrogen-bond donors (Lipinski definition) is 1. The van der Waals surface area contributed by atoms with Crippen molar-refractivity contribution in [3.63, 3.8) is 0 Å². The van der Waals surface area contributed by atoms with Crippen molar-refractivity contribution < 1.29 is 14.2 Å². The van der Waals surface area contributed by atoms with Crippen LogP contribution in [0.2, 0.25) is 5.02 Å². The Kier molecular flexibility index (Phi) is 5.80. The smallest absolute Gasteiger partial charge is 0.197 e. The molecule has 0 radical (unpaired) electrons. The first-order valence-corrected chi connectivity index (χ1v) is 10.4. The quantitative estimate of drug-likeness (QED) is 0.382. The Morgan fingerprint density at radius 3 is 2.66 bits per heavy atom. The van der Waals surface area contributed by atoms with Gasteiger partial charge >= 0.3 is 0 Å². The molecular weight excluding hydrogens is 410 g/mol. The third-order valence-corrected chi connectivity index (χ3v) is 5.92. The molecule has 0 saturated carbocycles. The van der Waals surface area contributed by atoms with Crippen molar-refractivity contribution in [3.05, 3.63) is 41.4 Å². The first kappa shape index (κ1) is 19.8. The maximum atomic E-state index is 6.18. The molecular formula is C21H22ClN3O3S. The summed E-state index contributed by atoms with van der Waals surface area (Å²) in [5, 5.41) is 4.27. The van der Waals surface area contributed by atoms with Gasteiger partial charge in [-0.1, -0.05) is 22.9 Å². The third kappa shape index (κ3) is 3.73. The number of rotatable bonds is 8. The molecule has 0 bridgehead atoms. The zero-order valence-electron chi connectivity index (χ0n) is 16.5. The van der Waals surface area contributed by atoms with Crippen LogP contribution in [0.1, 0.15) is 6.42 Å². The van der Waals surface area contributed by atoms with Crippen molar-refractivity contribution in [3.8, 4) is 22.8 Å². The van der Waals surface area contributed by atoms with Crippen molar-refractivity contribution >= 4 is 43.9 Å². The van der Waals surface area contributed by atoms with Crippen LogP contribution in [0.4, 0.5) is 5.82 Å². The molecule has 2 aromatic carbocycles. The van der Waals surface area contributed by atoms with E-state index in [9.17, 15) is 0 Å². The molecule has 1 N–H and O–H groups in total. The number of nitrogens with zero attached hydrogens (tertiary/aromatic N) is 2. The number of benzene rings is 2. The summed E-state index contributed by atoms with van der Waals surface area (Å²) >= 11 is 7.80. The van der Waals surface area contributed by atoms with Gasteiger partial charge in [0.2, 0.25) is 0 Å². The van der Waals surface area contributed by atoms with E-state index in [0.717, 1.165) is 50.2 Å². The molecule has 0 aliphatic heterocycles. The molecule has 152 valence electrons. The second kappa shape index (κ2) is 8.49. The Hall–Kier alpha value is -2.48. The van der Waals surface area contributed by atoms with E-state index in [-0.39, 0.29) is 0 Å². The van der Waals surface area contributed by atoms with E-state index in [1.54, 1.807) is 32.7 Å². The van der Waals surface area contributed by atoms with E-state index in [4.69, 9.17) is 30.8 Å². The summed E-state index contributed by atoms with van der Waals surface area (Å²) in [6.07, 6.45) is 0.892. The summed E-state index contributed by atoms with van der Waals surface area (Å²) in [5.74, 6) is 2.30. The molecule has 0 aliphatic rings. The zero-order chi connectivity index (χ0) is 20.4. The van der Waals surface area contributed by atoms with Crippen molar-refractivity contribution in [2.45, 2.75) is 6.42 Å². The number of nitrogens with one attached hydrogen (secondary N) is 1. The van der Waals surface area contributed by atoms with Crippen LogP contribution in [0, 0.1) is 0 Å². The SMILES string of the molecule is COCCCNc1c(-c2ccc(OC)c(OC)c2)nc2sc3cc(Cl)ccc3n12. The predicted octanol–water partition coefficient (Wildman–Crippen LogP) is 5.34. The van der Waals surface area contributed by atoms with Crippen LogP contribution >= 0.6 is 22.9 Å². The van der Waals surface area contributed by atoms with Gasteiger partial charge < -0.3 is 19.5 Å². The summed E-state index contributed by atoms with van der Waals surface area (Å²) in [6.45, 7) is 1.47. The minimum atomic E-state index is 0.670. The lowest BCUT2D eigenvalue weighted by Gasteiger charge is -2.11. The van der Waals surface area contributed by atoms with Gasteiger partial charge in [0.25, 0.3) is 0 Å². The first-order chi connectivity index (χ1) is 14.2. The largest absolute Gasteiger partial charge is 0.493 e. The van der Waals surface area contributed by atoms with E-state index < -0.39 is 0 Å². The van der Waals surface area contributed by atoms with Gasteiger partial charge in [-0.3, -0.25) is 4.40 Å². The van der Waals surface area contributed by atoms with Crippen LogP contribution in [0.25, 0.3) is 26.4 Å². The fourth-order valence-corrected chi connectivity index (χ4v) is 4.62. The Balaban J connectivity index is 1.86. The molecule has 29 heavy (non-hydrogen) atoms. The average Bonchev–Trinajstić information content (AvgIpc) is 3.26. The highest BCUT2D eigenvalue weighted by atomic mass is 35.5. The van der Waals surface area contributed by atoms with E-state index in [2.05, 4.69) is 9.72 Å². The standard InChI is InChI=1S/C21H22ClN3O3S/c1-26-10-4-9-23-20-19(13-5-8-16(27-2)17(11-13)28-3)24-21-25(20)15-7-6-14(22)12-18(15)29-21/h5-8,11-12,23H,4,9-10H2,1-3H3. The van der Waals surface area contributed by atoms with Gasteiger partial charge in [-0.15, -0.1) is 0 Å². The fourth-order valence-electron chi connectivity index (χ4n) is 3.32. The molecule has 2 aromatic heterocycles. The molecule has 0 saturated heterocycles. The van der Waals surface area contributed by atoms with Crippen molar-refractivity contribution in [2.24, 2.45) is 0 Å². The number of anilines is 1. The normalized spacial score (nSPS) is 11.3. The molecule has 8 heteroatoms. The highest BCUT2D eigenvalue weighted by Crippen LogP contribution is 2.39. The molecule has 0 unspecified atom stereocenters. The van der Waals surface area contributed by atoms with Gasteiger partial charge in [-0.2, -0.15) is 0 Å². The number of methoxy groups -OCH3 is 3. The molecule has 4 rings (SSSR count). The van der Waals surface area contributed by atoms with E-state index in [1.807, 2.05) is 36.4 Å². The van der Waals surface area contributed by atoms with Crippen LogP contribution in [-0.4, -0.2) is 43.9 Å². The summed E-state index contributed by atoms with van der Waals surface area (Å²) < 4.78 is 19.3. The average molecular weight is 432 g/mol. The highest BCUT2D eigenvalue weighted by Gasteiger charge is 2.19. The van der Waals surface area contributed by atoms with E-state index >= 15 is 0 Å². The minimum absolute atomic E-state index is 0.670. The Morgan fingerprint density at radius 2 is 1.90 bits per heavy atom. The Labute approximate surface area is 178 Å². The maximum absolute atomic E-state index is 6.18. The zero-order valence-corrected chi connectivity index (χ0v) is 18.1. The van der Waals surface area contributed by atoms with Gasteiger partial charge in [0.1, 0.15) is 11.5 Å². The second-order valence-corrected chi connectivity index (χ2v) is 7.93. The topological polar surface area (TPSA) is 57.0 Å². The number of thiazole rings is 1. The van der Waals surface area contributed by atoms with Gasteiger partial charge in [-0.25, -0.2) is 4.98 Å². The van der Waals surface area contributed by atoms with Gasteiger partial charge in [0, 0.05) is 30.8 Å². The van der Waals surface area contributed by atoms with Crippen LogP contribution in [-0.2, 0) is 4.74 Å². The lowest BCUT2D eigenvalue weighted by atomic mass is 10.1. The van der Waals surface area contributed by atoms with Gasteiger partial charge in [0.05, 0.1) is 24.4 Å². The molecule has 2 heterocycles. The summed E-state index contributed by atoms with van der Waals surface area (Å²) in [6, 6.07) is 11.7. The number of ether oxygens (including phenoxy) is 3. The minimum Gasteiger partial charge on any atom is -0.493 e. The predicted molar refractivity (Wildman–Crippen MR) is 119 cm³/mol. The number of hydrogen-bond acceptors (Lipinski definition) is 6. The number of halogens is 1. The molecule has 0 aliphatic carbocycles. The molecule has 4 aromatic rings. The van der Waals surface area contributed by atoms with Crippen LogP contribution in [0.5, 0.6) is 11.5 Å². The third-order valence-electron chi connectivity index (χ3n) is 4.69. The first-order valence-electron chi connectivity index (χ1n) is 9.22. The summed E-state index contributed by atoms with van der Waals surface area (Å²) in [4.78, 5) is 5.83. The lowest BCUT2D eigenvalue weighted by Crippen LogP contribution is -2.07. The Morgan fingerprint density at radius 1 is 1.07 bits per heavy atom. The molecule has 0 atom stereocenters. The second-order valence-electron chi connectivity index (χ2n) is 6.48. The number of aromatic nitrogens is 2. The molecule has 6 nitrogen and oxygen atoms in total. The lowest BCUT2D eigenvalue weighted by molar-refractivity contribution is 0.198. The van der Waals surface area contributed by atoms with Crippen molar-refractivity contribution in [2.75, 3.05) is 39.8 Å². The van der Waals surface area contributed by atoms with E-state index in [1.165, 1.54) is 0 Å². The van der Waals surface area contributed by atoms with Crippen LogP contribution in [0.3, 0.4) is 0 Å². The summed E-state index contributed by atoms with van der Waals surface area (Å²) in [7, 11) is 4.97. The van der Waals surface area contributed by atoms with Crippen molar-refractivity contribution in [1.29, 1.82) is 0 Å². The number of imidazole rings is 1. The molecule has 0 fully saturated rings. The van der Waals surface area contributed by atoms with Crippen LogP contribution in [0.15, 0.2) is 36.4 Å². The molecule has 0 amide bonds. The van der Waals surface area contributed by atoms with Gasteiger partial charge in [0.15, 0.2) is 16.5 Å². The fraction of sp³-hybridized carbons (Fsp3) is 0.286. The highest BCUT2D eigenvalue weighted by molar-refractivity contribution is 7.23. The van der Waals surface area contributed by atoms with Gasteiger partial charge in [-0.05, 0) is 42.8 Å². The van der Waals surface area contributed by atoms with Crippen molar-refractivity contribution in [1.82, 2.24) is 9.38 Å². The maximum Gasteiger partial charge on any atom is 0.197 e. The van der Waals surface area contributed by atoms with E-state index in [0.29, 0.717) is 18.1 Å². The monoisotopic (exact) mass is 431 g/mol. The Bertz CT molecular complexity index is 1160.